The van der Waals surface area contributed by atoms with Crippen molar-refractivity contribution in [2.24, 2.45) is 4.99 Å². The van der Waals surface area contributed by atoms with Crippen LogP contribution in [0.15, 0.2) is 77.4 Å². The predicted molar refractivity (Wildman–Crippen MR) is 82.6 cm³/mol. The zero-order valence-corrected chi connectivity index (χ0v) is 11.6. The quantitative estimate of drug-likeness (QED) is 0.639. The van der Waals surface area contributed by atoms with Crippen molar-refractivity contribution >= 4 is 17.9 Å². The van der Waals surface area contributed by atoms with Crippen molar-refractivity contribution in [3.63, 3.8) is 0 Å². The largest absolute Gasteiger partial charge is 0.402 e. The van der Waals surface area contributed by atoms with Crippen molar-refractivity contribution in [1.29, 1.82) is 0 Å². The van der Waals surface area contributed by atoms with Crippen LogP contribution in [-0.2, 0) is 9.53 Å². The van der Waals surface area contributed by atoms with Crippen molar-refractivity contribution in [3.05, 3.63) is 89.4 Å². The van der Waals surface area contributed by atoms with E-state index in [1.165, 1.54) is 12.1 Å². The van der Waals surface area contributed by atoms with E-state index in [2.05, 4.69) is 4.99 Å². The van der Waals surface area contributed by atoms with Gasteiger partial charge in [0.05, 0.1) is 5.56 Å². The predicted octanol–water partition coefficient (Wildman–Crippen LogP) is 3.73. The van der Waals surface area contributed by atoms with Gasteiger partial charge in [0.25, 0.3) is 0 Å². The number of ether oxygens (including phenoxy) is 1. The summed E-state index contributed by atoms with van der Waals surface area (Å²) in [6, 6.07) is 15.7. The van der Waals surface area contributed by atoms with Gasteiger partial charge in [-0.05, 0) is 23.8 Å². The minimum Gasteiger partial charge on any atom is -0.402 e. The highest BCUT2D eigenvalue weighted by atomic mass is 19.1. The van der Waals surface area contributed by atoms with E-state index in [1.54, 1.807) is 24.3 Å². The van der Waals surface area contributed by atoms with E-state index < -0.39 is 11.8 Å². The Hall–Kier alpha value is -3.01. The minimum absolute atomic E-state index is 0.0116. The molecule has 0 aliphatic carbocycles. The fourth-order valence-electron chi connectivity index (χ4n) is 1.99. The number of hydrogen-bond donors (Lipinski definition) is 0. The Morgan fingerprint density at radius 3 is 2.50 bits per heavy atom. The Morgan fingerprint density at radius 1 is 1.00 bits per heavy atom. The maximum Gasteiger partial charge on any atom is 0.363 e. The van der Waals surface area contributed by atoms with Gasteiger partial charge in [-0.25, -0.2) is 14.2 Å². The summed E-state index contributed by atoms with van der Waals surface area (Å²) in [6.07, 6.45) is 5.10. The molecule has 0 fully saturated rings. The summed E-state index contributed by atoms with van der Waals surface area (Å²) in [5, 5.41) is 0. The van der Waals surface area contributed by atoms with Crippen molar-refractivity contribution in [1.82, 2.24) is 0 Å². The summed E-state index contributed by atoms with van der Waals surface area (Å²) in [6.45, 7) is 0. The van der Waals surface area contributed by atoms with Crippen LogP contribution in [0.2, 0.25) is 0 Å². The highest BCUT2D eigenvalue weighted by Crippen LogP contribution is 2.18. The second kappa shape index (κ2) is 6.18. The van der Waals surface area contributed by atoms with Crippen LogP contribution in [0.25, 0.3) is 6.08 Å². The number of esters is 1. The van der Waals surface area contributed by atoms with Crippen LogP contribution in [0.1, 0.15) is 11.1 Å². The van der Waals surface area contributed by atoms with Crippen LogP contribution >= 0.6 is 0 Å². The SMILES string of the molecule is O=C1OC(c2ccccc2F)=N/C1=C\C=C\c1ccccc1. The molecule has 0 saturated carbocycles. The molecule has 3 rings (SSSR count). The maximum atomic E-state index is 13.7. The van der Waals surface area contributed by atoms with E-state index in [0.29, 0.717) is 0 Å². The van der Waals surface area contributed by atoms with Gasteiger partial charge in [-0.3, -0.25) is 0 Å². The topological polar surface area (TPSA) is 38.7 Å². The number of carbonyl (C=O) groups is 1. The number of cyclic esters (lactones) is 1. The average Bonchev–Trinajstić information content (AvgIpc) is 2.90. The van der Waals surface area contributed by atoms with Crippen molar-refractivity contribution in [2.45, 2.75) is 0 Å². The average molecular weight is 293 g/mol. The molecule has 1 aliphatic rings. The van der Waals surface area contributed by atoms with Gasteiger partial charge in [-0.1, -0.05) is 54.6 Å². The molecule has 22 heavy (non-hydrogen) atoms. The van der Waals surface area contributed by atoms with E-state index in [0.717, 1.165) is 5.56 Å². The zero-order valence-electron chi connectivity index (χ0n) is 11.6. The first-order valence-electron chi connectivity index (χ1n) is 6.73. The summed E-state index contributed by atoms with van der Waals surface area (Å²) >= 11 is 0. The Bertz CT molecular complexity index is 792. The van der Waals surface area contributed by atoms with E-state index >= 15 is 0 Å². The number of carbonyl (C=O) groups excluding carboxylic acids is 1. The van der Waals surface area contributed by atoms with Crippen LogP contribution < -0.4 is 0 Å². The Kier molecular flexibility index (Phi) is 3.92. The molecule has 0 radical (unpaired) electrons. The van der Waals surface area contributed by atoms with Gasteiger partial charge in [-0.2, -0.15) is 0 Å². The van der Waals surface area contributed by atoms with Gasteiger partial charge in [0.15, 0.2) is 5.70 Å². The fraction of sp³-hybridized carbons (Fsp3) is 0. The minimum atomic E-state index is -0.587. The molecule has 108 valence electrons. The van der Waals surface area contributed by atoms with Crippen LogP contribution in [0.3, 0.4) is 0 Å². The Labute approximate surface area is 127 Å². The molecular formula is C18H12FNO2. The number of nitrogens with zero attached hydrogens (tertiary/aromatic N) is 1. The molecule has 1 heterocycles. The number of rotatable bonds is 3. The molecule has 2 aromatic carbocycles. The molecule has 0 amide bonds. The third-order valence-corrected chi connectivity index (χ3v) is 3.07. The molecule has 0 spiro atoms. The van der Waals surface area contributed by atoms with Gasteiger partial charge in [0.2, 0.25) is 5.90 Å². The van der Waals surface area contributed by atoms with Gasteiger partial charge in [0.1, 0.15) is 5.82 Å². The normalized spacial score (nSPS) is 16.1. The fourth-order valence-corrected chi connectivity index (χ4v) is 1.99. The smallest absolute Gasteiger partial charge is 0.363 e. The number of benzene rings is 2. The second-order valence-corrected chi connectivity index (χ2v) is 4.61. The van der Waals surface area contributed by atoms with Gasteiger partial charge >= 0.3 is 5.97 Å². The maximum absolute atomic E-state index is 13.7. The first kappa shape index (κ1) is 13.9. The van der Waals surface area contributed by atoms with E-state index in [1.807, 2.05) is 36.4 Å². The number of halogens is 1. The zero-order chi connectivity index (χ0) is 15.4. The third-order valence-electron chi connectivity index (χ3n) is 3.07. The number of aliphatic imine (C=N–C) groups is 1. The summed E-state index contributed by atoms with van der Waals surface area (Å²) in [7, 11) is 0. The summed E-state index contributed by atoms with van der Waals surface area (Å²) in [4.78, 5) is 15.8. The van der Waals surface area contributed by atoms with E-state index in [4.69, 9.17) is 4.74 Å². The molecule has 2 aromatic rings. The third kappa shape index (κ3) is 3.01. The van der Waals surface area contributed by atoms with E-state index in [9.17, 15) is 9.18 Å². The lowest BCUT2D eigenvalue weighted by Crippen LogP contribution is -2.07. The standard InChI is InChI=1S/C18H12FNO2/c19-15-11-5-4-10-14(15)17-20-16(18(21)22-17)12-6-9-13-7-2-1-3-8-13/h1-12H/b9-6+,16-12-. The molecule has 1 aliphatic heterocycles. The van der Waals surface area contributed by atoms with Crippen LogP contribution in [0.5, 0.6) is 0 Å². The molecule has 0 N–H and O–H groups in total. The Balaban J connectivity index is 1.83. The summed E-state index contributed by atoms with van der Waals surface area (Å²) in [5.74, 6) is -1.08. The van der Waals surface area contributed by atoms with Crippen LogP contribution in [0, 0.1) is 5.82 Å². The molecule has 0 bridgehead atoms. The van der Waals surface area contributed by atoms with Gasteiger partial charge in [-0.15, -0.1) is 0 Å². The van der Waals surface area contributed by atoms with Gasteiger partial charge in [0, 0.05) is 0 Å². The summed E-state index contributed by atoms with van der Waals surface area (Å²) in [5.41, 5.74) is 1.32. The highest BCUT2D eigenvalue weighted by Gasteiger charge is 2.25. The molecule has 0 saturated heterocycles. The molecular weight excluding hydrogens is 281 g/mol. The highest BCUT2D eigenvalue weighted by molar-refractivity contribution is 6.11. The molecule has 0 atom stereocenters. The summed E-state index contributed by atoms with van der Waals surface area (Å²) < 4.78 is 18.7. The van der Waals surface area contributed by atoms with E-state index in [-0.39, 0.29) is 17.2 Å². The van der Waals surface area contributed by atoms with Crippen LogP contribution in [0.4, 0.5) is 4.39 Å². The Morgan fingerprint density at radius 2 is 1.73 bits per heavy atom. The monoisotopic (exact) mass is 293 g/mol. The molecule has 4 heteroatoms. The molecule has 0 unspecified atom stereocenters. The first-order chi connectivity index (χ1) is 10.7. The first-order valence-corrected chi connectivity index (χ1v) is 6.73. The van der Waals surface area contributed by atoms with Crippen LogP contribution in [-0.4, -0.2) is 11.9 Å². The van der Waals surface area contributed by atoms with Crippen molar-refractivity contribution in [2.75, 3.05) is 0 Å². The lowest BCUT2D eigenvalue weighted by molar-refractivity contribution is -0.130. The molecule has 0 aromatic heterocycles. The number of hydrogen-bond acceptors (Lipinski definition) is 3. The lowest BCUT2D eigenvalue weighted by atomic mass is 10.2. The molecule has 3 nitrogen and oxygen atoms in total. The van der Waals surface area contributed by atoms with Crippen molar-refractivity contribution < 1.29 is 13.9 Å². The van der Waals surface area contributed by atoms with Crippen molar-refractivity contribution in [3.8, 4) is 0 Å². The van der Waals surface area contributed by atoms with Gasteiger partial charge < -0.3 is 4.74 Å². The second-order valence-electron chi connectivity index (χ2n) is 4.61. The lowest BCUT2D eigenvalue weighted by Gasteiger charge is -1.99. The number of allylic oxidation sites excluding steroid dienone is 2.